The van der Waals surface area contributed by atoms with Crippen LogP contribution in [0.3, 0.4) is 0 Å². The van der Waals surface area contributed by atoms with Crippen molar-refractivity contribution in [2.24, 2.45) is 0 Å². The number of nitrogens with zero attached hydrogens (tertiary/aromatic N) is 1. The fourth-order valence-corrected chi connectivity index (χ4v) is 4.11. The van der Waals surface area contributed by atoms with Crippen molar-refractivity contribution in [2.75, 3.05) is 18.8 Å². The Morgan fingerprint density at radius 1 is 1.29 bits per heavy atom. The van der Waals surface area contributed by atoms with Gasteiger partial charge in [0.25, 0.3) is 0 Å². The molecule has 1 aromatic heterocycles. The Morgan fingerprint density at radius 3 is 2.67 bits per heavy atom. The van der Waals surface area contributed by atoms with E-state index in [2.05, 4.69) is 4.98 Å². The Hall–Kier alpha value is -1.40. The first kappa shape index (κ1) is 14.5. The van der Waals surface area contributed by atoms with Crippen molar-refractivity contribution in [3.63, 3.8) is 0 Å². The first-order valence-electron chi connectivity index (χ1n) is 7.25. The Balaban J connectivity index is 1.76. The van der Waals surface area contributed by atoms with Crippen LogP contribution in [0.25, 0.3) is 10.9 Å². The molecule has 0 spiro atoms. The van der Waals surface area contributed by atoms with Crippen molar-refractivity contribution < 1.29 is 12.8 Å². The van der Waals surface area contributed by atoms with Crippen LogP contribution in [0.4, 0.5) is 4.39 Å². The van der Waals surface area contributed by atoms with Crippen LogP contribution in [-0.4, -0.2) is 36.5 Å². The minimum atomic E-state index is -3.08. The second kappa shape index (κ2) is 5.42. The minimum Gasteiger partial charge on any atom is -0.358 e. The van der Waals surface area contributed by atoms with Gasteiger partial charge in [-0.1, -0.05) is 0 Å². The molecule has 1 aromatic carbocycles. The van der Waals surface area contributed by atoms with E-state index >= 15 is 0 Å². The Morgan fingerprint density at radius 2 is 2.00 bits per heavy atom. The van der Waals surface area contributed by atoms with E-state index in [9.17, 15) is 12.8 Å². The quantitative estimate of drug-likeness (QED) is 0.948. The van der Waals surface area contributed by atoms with Gasteiger partial charge in [0.2, 0.25) is 10.0 Å². The van der Waals surface area contributed by atoms with Crippen molar-refractivity contribution >= 4 is 20.9 Å². The average molecular weight is 310 g/mol. The fraction of sp³-hybridized carbons (Fsp3) is 0.467. The molecular formula is C15H19FN2O2S. The monoisotopic (exact) mass is 310 g/mol. The number of H-pyrrole nitrogens is 1. The molecule has 0 unspecified atom stereocenters. The standard InChI is InChI=1S/C15H19FN2O2S/c1-2-21(19,20)18-7-5-11(6-8-18)15-10-12-9-13(16)3-4-14(12)17-15/h3-4,9-11,17H,2,5-8H2,1H3. The molecule has 1 aliphatic heterocycles. The number of aromatic amines is 1. The molecule has 2 heterocycles. The Bertz CT molecular complexity index is 746. The van der Waals surface area contributed by atoms with E-state index in [-0.39, 0.29) is 11.6 Å². The number of rotatable bonds is 3. The molecule has 1 saturated heterocycles. The van der Waals surface area contributed by atoms with Gasteiger partial charge in [-0.2, -0.15) is 0 Å². The molecule has 1 fully saturated rings. The summed E-state index contributed by atoms with van der Waals surface area (Å²) in [5.41, 5.74) is 2.00. The molecule has 0 amide bonds. The summed E-state index contributed by atoms with van der Waals surface area (Å²) in [5, 5.41) is 0.869. The van der Waals surface area contributed by atoms with E-state index in [4.69, 9.17) is 0 Å². The van der Waals surface area contributed by atoms with E-state index < -0.39 is 10.0 Å². The van der Waals surface area contributed by atoms with Crippen molar-refractivity contribution in [1.82, 2.24) is 9.29 Å². The van der Waals surface area contributed by atoms with Gasteiger partial charge in [0, 0.05) is 35.6 Å². The second-order valence-corrected chi connectivity index (χ2v) is 7.79. The number of hydrogen-bond donors (Lipinski definition) is 1. The number of sulfonamides is 1. The molecule has 6 heteroatoms. The zero-order valence-corrected chi connectivity index (χ0v) is 12.8. The van der Waals surface area contributed by atoms with Gasteiger partial charge in [-0.3, -0.25) is 0 Å². The number of fused-ring (bicyclic) bond motifs is 1. The normalized spacial score (nSPS) is 18.4. The number of aromatic nitrogens is 1. The van der Waals surface area contributed by atoms with Gasteiger partial charge >= 0.3 is 0 Å². The zero-order chi connectivity index (χ0) is 15.0. The van der Waals surface area contributed by atoms with Gasteiger partial charge in [0.15, 0.2) is 0 Å². The number of piperidine rings is 1. The van der Waals surface area contributed by atoms with Crippen molar-refractivity contribution in [3.05, 3.63) is 35.8 Å². The van der Waals surface area contributed by atoms with Crippen molar-refractivity contribution in [3.8, 4) is 0 Å². The van der Waals surface area contributed by atoms with Crippen LogP contribution < -0.4 is 0 Å². The molecule has 0 radical (unpaired) electrons. The molecular weight excluding hydrogens is 291 g/mol. The molecule has 2 aromatic rings. The molecule has 0 aliphatic carbocycles. The first-order chi connectivity index (χ1) is 9.99. The lowest BCUT2D eigenvalue weighted by molar-refractivity contribution is 0.317. The predicted octanol–water partition coefficient (Wildman–Crippen LogP) is 2.84. The van der Waals surface area contributed by atoms with E-state index in [1.807, 2.05) is 6.07 Å². The maximum Gasteiger partial charge on any atom is 0.213 e. The van der Waals surface area contributed by atoms with Gasteiger partial charge in [0.05, 0.1) is 5.75 Å². The third-order valence-corrected chi connectivity index (χ3v) is 6.14. The number of halogens is 1. The van der Waals surface area contributed by atoms with Crippen LogP contribution in [0.5, 0.6) is 0 Å². The highest BCUT2D eigenvalue weighted by Crippen LogP contribution is 2.31. The van der Waals surface area contributed by atoms with Gasteiger partial charge in [-0.15, -0.1) is 0 Å². The van der Waals surface area contributed by atoms with Crippen LogP contribution in [0, 0.1) is 5.82 Å². The molecule has 0 atom stereocenters. The molecule has 21 heavy (non-hydrogen) atoms. The topological polar surface area (TPSA) is 53.2 Å². The maximum atomic E-state index is 13.2. The van der Waals surface area contributed by atoms with Crippen LogP contribution in [-0.2, 0) is 10.0 Å². The highest BCUT2D eigenvalue weighted by Gasteiger charge is 2.28. The minimum absolute atomic E-state index is 0.156. The molecule has 0 bridgehead atoms. The zero-order valence-electron chi connectivity index (χ0n) is 12.0. The summed E-state index contributed by atoms with van der Waals surface area (Å²) in [7, 11) is -3.08. The Kier molecular flexibility index (Phi) is 3.75. The predicted molar refractivity (Wildman–Crippen MR) is 81.3 cm³/mol. The van der Waals surface area contributed by atoms with E-state index in [0.29, 0.717) is 19.0 Å². The van der Waals surface area contributed by atoms with Crippen molar-refractivity contribution in [2.45, 2.75) is 25.7 Å². The van der Waals surface area contributed by atoms with Crippen LogP contribution in [0.1, 0.15) is 31.4 Å². The molecule has 0 saturated carbocycles. The van der Waals surface area contributed by atoms with Gasteiger partial charge in [-0.25, -0.2) is 17.1 Å². The van der Waals surface area contributed by atoms with Crippen molar-refractivity contribution in [1.29, 1.82) is 0 Å². The van der Waals surface area contributed by atoms with Crippen LogP contribution >= 0.6 is 0 Å². The first-order valence-corrected chi connectivity index (χ1v) is 8.86. The van der Waals surface area contributed by atoms with Gasteiger partial charge in [-0.05, 0) is 44.0 Å². The third-order valence-electron chi connectivity index (χ3n) is 4.26. The third kappa shape index (κ3) is 2.82. The lowest BCUT2D eigenvalue weighted by atomic mass is 9.95. The molecule has 114 valence electrons. The highest BCUT2D eigenvalue weighted by atomic mass is 32.2. The largest absolute Gasteiger partial charge is 0.358 e. The molecule has 1 aliphatic rings. The number of benzene rings is 1. The molecule has 3 rings (SSSR count). The number of nitrogens with one attached hydrogen (secondary N) is 1. The van der Waals surface area contributed by atoms with E-state index in [1.165, 1.54) is 12.1 Å². The lowest BCUT2D eigenvalue weighted by Gasteiger charge is -2.30. The summed E-state index contributed by atoms with van der Waals surface area (Å²) in [6, 6.07) is 6.68. The van der Waals surface area contributed by atoms with Crippen LogP contribution in [0.2, 0.25) is 0 Å². The summed E-state index contributed by atoms with van der Waals surface area (Å²) in [4.78, 5) is 3.33. The molecule has 1 N–H and O–H groups in total. The average Bonchev–Trinajstić information content (AvgIpc) is 2.90. The highest BCUT2D eigenvalue weighted by molar-refractivity contribution is 7.89. The van der Waals surface area contributed by atoms with E-state index in [0.717, 1.165) is 29.4 Å². The summed E-state index contributed by atoms with van der Waals surface area (Å²) < 4.78 is 38.5. The Labute approximate surface area is 124 Å². The maximum absolute atomic E-state index is 13.2. The van der Waals surface area contributed by atoms with Gasteiger partial charge < -0.3 is 4.98 Å². The second-order valence-electron chi connectivity index (χ2n) is 5.53. The summed E-state index contributed by atoms with van der Waals surface area (Å²) in [6.07, 6.45) is 1.60. The smallest absolute Gasteiger partial charge is 0.213 e. The fourth-order valence-electron chi connectivity index (χ4n) is 2.97. The van der Waals surface area contributed by atoms with Crippen LogP contribution in [0.15, 0.2) is 24.3 Å². The summed E-state index contributed by atoms with van der Waals surface area (Å²) in [5.74, 6) is 0.226. The number of hydrogen-bond acceptors (Lipinski definition) is 2. The van der Waals surface area contributed by atoms with Gasteiger partial charge in [0.1, 0.15) is 5.82 Å². The SMILES string of the molecule is CCS(=O)(=O)N1CCC(c2cc3cc(F)ccc3[nH]2)CC1. The van der Waals surface area contributed by atoms with E-state index in [1.54, 1.807) is 17.3 Å². The summed E-state index contributed by atoms with van der Waals surface area (Å²) >= 11 is 0. The lowest BCUT2D eigenvalue weighted by Crippen LogP contribution is -2.38. The molecule has 4 nitrogen and oxygen atoms in total. The summed E-state index contributed by atoms with van der Waals surface area (Å²) in [6.45, 7) is 2.79.